The smallest absolute Gasteiger partial charge is 0.434 e. The van der Waals surface area contributed by atoms with E-state index >= 15 is 0 Å². The summed E-state index contributed by atoms with van der Waals surface area (Å²) in [5.41, 5.74) is -0.0921. The Kier molecular flexibility index (Phi) is 6.93. The van der Waals surface area contributed by atoms with Gasteiger partial charge in [0.2, 0.25) is 5.88 Å². The van der Waals surface area contributed by atoms with Gasteiger partial charge in [0.05, 0.1) is 35.5 Å². The van der Waals surface area contributed by atoms with Gasteiger partial charge in [-0.25, -0.2) is 9.97 Å². The second kappa shape index (κ2) is 9.89. The first-order chi connectivity index (χ1) is 16.2. The van der Waals surface area contributed by atoms with Crippen LogP contribution in [0.4, 0.5) is 29.7 Å². The molecule has 13 heteroatoms. The molecule has 2 N–H and O–H groups in total. The summed E-state index contributed by atoms with van der Waals surface area (Å²) >= 11 is 0.935. The molecule has 0 spiro atoms. The molecule has 1 amide bonds. The molecule has 0 aliphatic carbocycles. The van der Waals surface area contributed by atoms with Gasteiger partial charge in [-0.15, -0.1) is 0 Å². The lowest BCUT2D eigenvalue weighted by atomic mass is 10.1. The molecule has 3 aromatic heterocycles. The zero-order valence-electron chi connectivity index (χ0n) is 18.4. The zero-order valence-corrected chi connectivity index (χ0v) is 19.2. The first-order valence-corrected chi connectivity index (χ1v) is 11.2. The number of nitrogens with one attached hydrogen (secondary N) is 2. The number of amides is 1. The highest BCUT2D eigenvalue weighted by Crippen LogP contribution is 2.31. The number of nitrogens with zero attached hydrogens (tertiary/aromatic N) is 5. The molecule has 34 heavy (non-hydrogen) atoms. The minimum Gasteiger partial charge on any atom is -0.474 e. The minimum atomic E-state index is -4.63. The lowest BCUT2D eigenvalue weighted by Crippen LogP contribution is -2.35. The summed E-state index contributed by atoms with van der Waals surface area (Å²) in [6.07, 6.45) is 0.576. The van der Waals surface area contributed by atoms with Crippen LogP contribution >= 0.6 is 11.5 Å². The Morgan fingerprint density at radius 2 is 1.97 bits per heavy atom. The molecule has 4 rings (SSSR count). The fourth-order valence-corrected chi connectivity index (χ4v) is 4.19. The Balaban J connectivity index is 1.42. The van der Waals surface area contributed by atoms with Gasteiger partial charge in [-0.3, -0.25) is 9.78 Å². The summed E-state index contributed by atoms with van der Waals surface area (Å²) in [4.78, 5) is 26.5. The van der Waals surface area contributed by atoms with Gasteiger partial charge >= 0.3 is 6.18 Å². The van der Waals surface area contributed by atoms with Crippen molar-refractivity contribution in [2.75, 3.05) is 30.8 Å². The van der Waals surface area contributed by atoms with E-state index in [1.165, 1.54) is 6.20 Å². The average molecular weight is 494 g/mol. The lowest BCUT2D eigenvalue weighted by molar-refractivity contribution is -0.141. The summed E-state index contributed by atoms with van der Waals surface area (Å²) < 4.78 is 48.8. The lowest BCUT2D eigenvalue weighted by Gasteiger charge is -2.28. The number of ether oxygens (including phenoxy) is 1. The molecule has 180 valence electrons. The largest absolute Gasteiger partial charge is 0.474 e. The number of carbonyl (C=O) groups excluding carboxylic acids is 1. The molecule has 3 aromatic rings. The first-order valence-electron chi connectivity index (χ1n) is 10.4. The highest BCUT2D eigenvalue weighted by molar-refractivity contribution is 7.10. The number of hydrogen-bond acceptors (Lipinski definition) is 9. The number of aromatic nitrogens is 4. The third-order valence-corrected chi connectivity index (χ3v) is 6.06. The number of pyridine rings is 1. The maximum atomic E-state index is 12.9. The molecule has 0 unspecified atom stereocenters. The summed E-state index contributed by atoms with van der Waals surface area (Å²) in [7, 11) is 2.07. The molecule has 1 saturated heterocycles. The Hall–Kier alpha value is -3.32. The van der Waals surface area contributed by atoms with Crippen molar-refractivity contribution in [3.8, 4) is 5.88 Å². The van der Waals surface area contributed by atoms with Crippen molar-refractivity contribution in [3.05, 3.63) is 47.7 Å². The Morgan fingerprint density at radius 1 is 1.21 bits per heavy atom. The maximum absolute atomic E-state index is 12.9. The van der Waals surface area contributed by atoms with Gasteiger partial charge in [-0.05, 0) is 44.4 Å². The van der Waals surface area contributed by atoms with Gasteiger partial charge in [-0.1, -0.05) is 0 Å². The molecule has 0 aromatic carbocycles. The number of aryl methyl sites for hydroxylation is 1. The van der Waals surface area contributed by atoms with Crippen molar-refractivity contribution < 1.29 is 22.7 Å². The summed E-state index contributed by atoms with van der Waals surface area (Å²) in [5.74, 6) is -0.157. The first kappa shape index (κ1) is 23.8. The normalized spacial score (nSPS) is 15.2. The third kappa shape index (κ3) is 5.78. The van der Waals surface area contributed by atoms with Gasteiger partial charge in [0, 0.05) is 19.2 Å². The monoisotopic (exact) mass is 493 g/mol. The fraction of sp³-hybridized carbons (Fsp3) is 0.381. The van der Waals surface area contributed by atoms with Crippen molar-refractivity contribution in [3.63, 3.8) is 0 Å². The molecule has 0 bridgehead atoms. The number of carbonyl (C=O) groups is 1. The molecule has 9 nitrogen and oxygen atoms in total. The van der Waals surface area contributed by atoms with Crippen LogP contribution in [-0.4, -0.2) is 56.4 Å². The van der Waals surface area contributed by atoms with Crippen LogP contribution in [0.1, 0.15) is 34.6 Å². The van der Waals surface area contributed by atoms with Crippen LogP contribution in [0.3, 0.4) is 0 Å². The fourth-order valence-electron chi connectivity index (χ4n) is 3.39. The number of piperidine rings is 1. The van der Waals surface area contributed by atoms with Gasteiger partial charge in [0.15, 0.2) is 5.69 Å². The standard InChI is InChI=1S/C21H22F3N7O2S/c1-12-18(20(34-30-12)29-16-11-25-10-15(28-16)21(22,23)24)19(32)27-13-3-4-17(26-9-13)33-14-5-7-31(2)8-6-14/h3-4,9-11,14H,5-8H2,1-2H3,(H,27,32)(H,28,29). The van der Waals surface area contributed by atoms with E-state index in [1.807, 2.05) is 0 Å². The van der Waals surface area contributed by atoms with E-state index in [9.17, 15) is 18.0 Å². The Bertz CT molecular complexity index is 1150. The molecule has 4 heterocycles. The number of hydrogen-bond donors (Lipinski definition) is 2. The van der Waals surface area contributed by atoms with Gasteiger partial charge in [0.25, 0.3) is 5.91 Å². The molecule has 1 aliphatic heterocycles. The van der Waals surface area contributed by atoms with Crippen molar-refractivity contribution in [2.24, 2.45) is 0 Å². The maximum Gasteiger partial charge on any atom is 0.434 e. The van der Waals surface area contributed by atoms with Gasteiger partial charge < -0.3 is 20.3 Å². The predicted octanol–water partition coefficient (Wildman–Crippen LogP) is 4.12. The van der Waals surface area contributed by atoms with Crippen molar-refractivity contribution in [1.82, 2.24) is 24.2 Å². The van der Waals surface area contributed by atoms with E-state index in [0.717, 1.165) is 43.7 Å². The highest BCUT2D eigenvalue weighted by atomic mass is 32.1. The van der Waals surface area contributed by atoms with Crippen molar-refractivity contribution in [2.45, 2.75) is 32.0 Å². The Labute approximate surface area is 197 Å². The molecule has 0 saturated carbocycles. The van der Waals surface area contributed by atoms with Crippen LogP contribution in [0, 0.1) is 6.92 Å². The van der Waals surface area contributed by atoms with E-state index in [-0.39, 0.29) is 22.5 Å². The number of alkyl halides is 3. The summed E-state index contributed by atoms with van der Waals surface area (Å²) in [6.45, 7) is 3.57. The van der Waals surface area contributed by atoms with Crippen LogP contribution < -0.4 is 15.4 Å². The summed E-state index contributed by atoms with van der Waals surface area (Å²) in [5, 5.41) is 5.69. The van der Waals surface area contributed by atoms with Gasteiger partial charge in [0.1, 0.15) is 16.9 Å². The minimum absolute atomic E-state index is 0.108. The molecular formula is C21H22F3N7O2S. The molecule has 0 radical (unpaired) electrons. The van der Waals surface area contributed by atoms with Crippen LogP contribution in [0.2, 0.25) is 0 Å². The van der Waals surface area contributed by atoms with Crippen molar-refractivity contribution in [1.29, 1.82) is 0 Å². The topological polar surface area (TPSA) is 105 Å². The van der Waals surface area contributed by atoms with Crippen molar-refractivity contribution >= 4 is 33.9 Å². The zero-order chi connectivity index (χ0) is 24.3. The van der Waals surface area contributed by atoms with E-state index < -0.39 is 17.8 Å². The SMILES string of the molecule is Cc1nsc(Nc2cncc(C(F)(F)F)n2)c1C(=O)Nc1ccc(OC2CCN(C)CC2)nc1. The number of likely N-dealkylation sites (tertiary alicyclic amines) is 1. The van der Waals surface area contributed by atoms with E-state index in [0.29, 0.717) is 23.5 Å². The van der Waals surface area contributed by atoms with Gasteiger partial charge in [-0.2, -0.15) is 17.5 Å². The van der Waals surface area contributed by atoms with Crippen LogP contribution in [-0.2, 0) is 6.18 Å². The molecule has 1 aliphatic rings. The molecule has 0 atom stereocenters. The quantitative estimate of drug-likeness (QED) is 0.528. The summed E-state index contributed by atoms with van der Waals surface area (Å²) in [6, 6.07) is 3.36. The second-order valence-corrected chi connectivity index (χ2v) is 8.62. The van der Waals surface area contributed by atoms with E-state index in [4.69, 9.17) is 4.74 Å². The predicted molar refractivity (Wildman–Crippen MR) is 121 cm³/mol. The second-order valence-electron chi connectivity index (χ2n) is 7.84. The number of anilines is 3. The average Bonchev–Trinajstić information content (AvgIpc) is 3.16. The third-order valence-electron chi connectivity index (χ3n) is 5.20. The molecular weight excluding hydrogens is 471 g/mol. The highest BCUT2D eigenvalue weighted by Gasteiger charge is 2.33. The van der Waals surface area contributed by atoms with Crippen LogP contribution in [0.25, 0.3) is 0 Å². The van der Waals surface area contributed by atoms with Crippen LogP contribution in [0.15, 0.2) is 30.7 Å². The number of rotatable bonds is 6. The molecule has 1 fully saturated rings. The van der Waals surface area contributed by atoms with Crippen LogP contribution in [0.5, 0.6) is 5.88 Å². The van der Waals surface area contributed by atoms with E-state index in [1.54, 1.807) is 19.1 Å². The Morgan fingerprint density at radius 3 is 2.65 bits per heavy atom. The van der Waals surface area contributed by atoms with E-state index in [2.05, 4.69) is 41.9 Å². The number of halogens is 3.